The number of allylic oxidation sites excluding steroid dienone is 3. The molecule has 0 bridgehead atoms. The van der Waals surface area contributed by atoms with Crippen LogP contribution in [0, 0.1) is 5.92 Å². The Morgan fingerprint density at radius 3 is 1.82 bits per heavy atom. The fourth-order valence-corrected chi connectivity index (χ4v) is 0.172. The zero-order valence-electron chi connectivity index (χ0n) is 7.67. The molecule has 0 unspecified atom stereocenters. The summed E-state index contributed by atoms with van der Waals surface area (Å²) in [4.78, 5) is 0. The Kier molecular flexibility index (Phi) is 10.4. The predicted molar refractivity (Wildman–Crippen MR) is 51.6 cm³/mol. The van der Waals surface area contributed by atoms with E-state index in [0.717, 1.165) is 11.8 Å². The van der Waals surface area contributed by atoms with E-state index >= 15 is 0 Å². The van der Waals surface area contributed by atoms with Gasteiger partial charge in [0.05, 0.1) is 6.26 Å². The van der Waals surface area contributed by atoms with Crippen molar-refractivity contribution in [2.75, 3.05) is 0 Å². The van der Waals surface area contributed by atoms with E-state index in [1.165, 1.54) is 0 Å². The summed E-state index contributed by atoms with van der Waals surface area (Å²) in [6.07, 6.45) is 4.52. The minimum Gasteiger partial charge on any atom is -0.516 e. The van der Waals surface area contributed by atoms with Crippen LogP contribution in [0.1, 0.15) is 20.8 Å². The summed E-state index contributed by atoms with van der Waals surface area (Å²) in [6, 6.07) is 0. The molecule has 0 fully saturated rings. The van der Waals surface area contributed by atoms with Crippen molar-refractivity contribution >= 4 is 0 Å². The SMILES string of the molecule is C=CC(=C)C.CC(C)/C=C/O. The second kappa shape index (κ2) is 9.02. The van der Waals surface area contributed by atoms with E-state index < -0.39 is 0 Å². The minimum atomic E-state index is 0.468. The van der Waals surface area contributed by atoms with Gasteiger partial charge in [0.1, 0.15) is 0 Å². The van der Waals surface area contributed by atoms with Crippen molar-refractivity contribution in [3.8, 4) is 0 Å². The second-order valence-electron chi connectivity index (χ2n) is 2.64. The standard InChI is InChI=1S/C5H10O.C5H8/c1-5(2)3-4-6;1-4-5(2)3/h3-6H,1-2H3;4H,1-2H2,3H3/b4-3+;. The van der Waals surface area contributed by atoms with Crippen molar-refractivity contribution in [3.05, 3.63) is 37.1 Å². The summed E-state index contributed by atoms with van der Waals surface area (Å²) < 4.78 is 0. The van der Waals surface area contributed by atoms with Crippen LogP contribution >= 0.6 is 0 Å². The first-order valence-corrected chi connectivity index (χ1v) is 3.63. The van der Waals surface area contributed by atoms with Crippen LogP contribution in [0.5, 0.6) is 0 Å². The van der Waals surface area contributed by atoms with Gasteiger partial charge >= 0.3 is 0 Å². The Bertz CT molecular complexity index is 132. The first-order chi connectivity index (χ1) is 5.04. The number of aliphatic hydroxyl groups excluding tert-OH is 1. The lowest BCUT2D eigenvalue weighted by molar-refractivity contribution is 0.467. The van der Waals surface area contributed by atoms with Crippen LogP contribution in [-0.4, -0.2) is 5.11 Å². The third kappa shape index (κ3) is 27.5. The van der Waals surface area contributed by atoms with E-state index in [1.54, 1.807) is 12.2 Å². The molecule has 0 aromatic carbocycles. The van der Waals surface area contributed by atoms with Gasteiger partial charge in [0.25, 0.3) is 0 Å². The molecule has 0 atom stereocenters. The zero-order chi connectivity index (χ0) is 9.28. The maximum atomic E-state index is 8.06. The van der Waals surface area contributed by atoms with Gasteiger partial charge in [-0.25, -0.2) is 0 Å². The lowest BCUT2D eigenvalue weighted by atomic mass is 10.2. The van der Waals surface area contributed by atoms with Gasteiger partial charge in [-0.3, -0.25) is 0 Å². The fourth-order valence-electron chi connectivity index (χ4n) is 0.172. The first-order valence-electron chi connectivity index (χ1n) is 3.63. The van der Waals surface area contributed by atoms with E-state index in [-0.39, 0.29) is 0 Å². The monoisotopic (exact) mass is 154 g/mol. The molecule has 0 saturated carbocycles. The van der Waals surface area contributed by atoms with Crippen LogP contribution in [0.15, 0.2) is 37.1 Å². The molecule has 0 spiro atoms. The van der Waals surface area contributed by atoms with Gasteiger partial charge in [0, 0.05) is 0 Å². The van der Waals surface area contributed by atoms with Crippen molar-refractivity contribution in [1.82, 2.24) is 0 Å². The van der Waals surface area contributed by atoms with E-state index in [4.69, 9.17) is 5.11 Å². The van der Waals surface area contributed by atoms with Crippen molar-refractivity contribution in [2.24, 2.45) is 5.92 Å². The molecule has 1 heteroatoms. The maximum Gasteiger partial charge on any atom is 0.0754 e. The Morgan fingerprint density at radius 2 is 1.82 bits per heavy atom. The highest BCUT2D eigenvalue weighted by atomic mass is 16.2. The Balaban J connectivity index is 0. The Hall–Kier alpha value is -0.980. The topological polar surface area (TPSA) is 20.2 Å². The second-order valence-corrected chi connectivity index (χ2v) is 2.64. The molecule has 0 radical (unpaired) electrons. The van der Waals surface area contributed by atoms with Crippen molar-refractivity contribution in [3.63, 3.8) is 0 Å². The van der Waals surface area contributed by atoms with E-state index in [1.807, 2.05) is 20.8 Å². The molecule has 0 heterocycles. The van der Waals surface area contributed by atoms with Gasteiger partial charge in [-0.15, -0.1) is 0 Å². The summed E-state index contributed by atoms with van der Waals surface area (Å²) in [5.74, 6) is 0.468. The third-order valence-electron chi connectivity index (χ3n) is 0.819. The van der Waals surface area contributed by atoms with Crippen molar-refractivity contribution < 1.29 is 5.11 Å². The molecule has 0 saturated heterocycles. The highest BCUT2D eigenvalue weighted by Crippen LogP contribution is 1.89. The van der Waals surface area contributed by atoms with Gasteiger partial charge in [0.2, 0.25) is 0 Å². The summed E-state index contributed by atoms with van der Waals surface area (Å²) in [5.41, 5.74) is 1.02. The van der Waals surface area contributed by atoms with Crippen molar-refractivity contribution in [2.45, 2.75) is 20.8 Å². The predicted octanol–water partition coefficient (Wildman–Crippen LogP) is 3.46. The highest BCUT2D eigenvalue weighted by Gasteiger charge is 1.77. The molecule has 0 aliphatic rings. The normalized spacial score (nSPS) is 9.09. The molecular weight excluding hydrogens is 136 g/mol. The third-order valence-corrected chi connectivity index (χ3v) is 0.819. The van der Waals surface area contributed by atoms with E-state index in [0.29, 0.717) is 5.92 Å². The fraction of sp³-hybridized carbons (Fsp3) is 0.400. The molecule has 0 amide bonds. The molecule has 0 aliphatic carbocycles. The molecule has 0 aromatic rings. The number of aliphatic hydroxyl groups is 1. The first kappa shape index (κ1) is 12.7. The summed E-state index contributed by atoms with van der Waals surface area (Å²) in [5, 5.41) is 8.06. The summed E-state index contributed by atoms with van der Waals surface area (Å²) >= 11 is 0. The number of rotatable bonds is 2. The molecule has 0 aliphatic heterocycles. The summed E-state index contributed by atoms with van der Waals surface area (Å²) in [7, 11) is 0. The highest BCUT2D eigenvalue weighted by molar-refractivity contribution is 5.05. The lowest BCUT2D eigenvalue weighted by Crippen LogP contribution is -1.74. The molecule has 1 nitrogen and oxygen atoms in total. The van der Waals surface area contributed by atoms with Gasteiger partial charge in [-0.1, -0.05) is 38.7 Å². The van der Waals surface area contributed by atoms with Crippen LogP contribution in [0.3, 0.4) is 0 Å². The largest absolute Gasteiger partial charge is 0.516 e. The molecule has 11 heavy (non-hydrogen) atoms. The molecular formula is C10H18O. The van der Waals surface area contributed by atoms with Crippen LogP contribution in [-0.2, 0) is 0 Å². The van der Waals surface area contributed by atoms with E-state index in [2.05, 4.69) is 13.2 Å². The van der Waals surface area contributed by atoms with Crippen LogP contribution in [0.2, 0.25) is 0 Å². The summed E-state index contributed by atoms with van der Waals surface area (Å²) in [6.45, 7) is 12.9. The van der Waals surface area contributed by atoms with Crippen molar-refractivity contribution in [1.29, 1.82) is 0 Å². The van der Waals surface area contributed by atoms with Gasteiger partial charge in [0.15, 0.2) is 0 Å². The van der Waals surface area contributed by atoms with E-state index in [9.17, 15) is 0 Å². The van der Waals surface area contributed by atoms with Crippen LogP contribution in [0.25, 0.3) is 0 Å². The minimum absolute atomic E-state index is 0.468. The lowest BCUT2D eigenvalue weighted by Gasteiger charge is -1.86. The average molecular weight is 154 g/mol. The zero-order valence-corrected chi connectivity index (χ0v) is 7.67. The molecule has 64 valence electrons. The molecule has 0 aromatic heterocycles. The number of hydrogen-bond acceptors (Lipinski definition) is 1. The number of hydrogen-bond donors (Lipinski definition) is 1. The quantitative estimate of drug-likeness (QED) is 0.477. The Labute approximate surface area is 69.8 Å². The van der Waals surface area contributed by atoms with Crippen LogP contribution < -0.4 is 0 Å². The Morgan fingerprint density at radius 1 is 1.45 bits per heavy atom. The van der Waals surface area contributed by atoms with Gasteiger partial charge in [-0.2, -0.15) is 0 Å². The molecule has 0 rings (SSSR count). The average Bonchev–Trinajstić information content (AvgIpc) is 1.89. The van der Waals surface area contributed by atoms with Gasteiger partial charge < -0.3 is 5.11 Å². The maximum absolute atomic E-state index is 8.06. The molecule has 1 N–H and O–H groups in total. The van der Waals surface area contributed by atoms with Crippen LogP contribution in [0.4, 0.5) is 0 Å². The smallest absolute Gasteiger partial charge is 0.0754 e. The van der Waals surface area contributed by atoms with Gasteiger partial charge in [-0.05, 0) is 18.9 Å².